The van der Waals surface area contributed by atoms with E-state index in [2.05, 4.69) is 5.32 Å². The molecule has 0 saturated heterocycles. The molecular formula is C19H17ClN2O2. The van der Waals surface area contributed by atoms with Gasteiger partial charge in [-0.05, 0) is 43.7 Å². The zero-order chi connectivity index (χ0) is 17.3. The molecule has 2 amide bonds. The molecule has 1 aliphatic rings. The highest BCUT2D eigenvalue weighted by molar-refractivity contribution is 6.37. The number of hydrogen-bond acceptors (Lipinski definition) is 3. The summed E-state index contributed by atoms with van der Waals surface area (Å²) in [5.41, 5.74) is 2.08. The van der Waals surface area contributed by atoms with Crippen LogP contribution in [0.5, 0.6) is 0 Å². The quantitative estimate of drug-likeness (QED) is 0.858. The normalized spacial score (nSPS) is 14.8. The Kier molecular flexibility index (Phi) is 4.40. The molecule has 5 heteroatoms. The number of amides is 2. The number of benzene rings is 2. The Bertz CT molecular complexity index is 811. The molecule has 122 valence electrons. The van der Waals surface area contributed by atoms with E-state index in [4.69, 9.17) is 11.6 Å². The van der Waals surface area contributed by atoms with Crippen LogP contribution in [0.2, 0.25) is 5.02 Å². The van der Waals surface area contributed by atoms with Crippen molar-refractivity contribution in [1.82, 2.24) is 4.90 Å². The lowest BCUT2D eigenvalue weighted by atomic mass is 10.0. The molecule has 3 rings (SSSR count). The monoisotopic (exact) mass is 340 g/mol. The van der Waals surface area contributed by atoms with Crippen LogP contribution in [0.25, 0.3) is 5.57 Å². The van der Waals surface area contributed by atoms with Crippen molar-refractivity contribution in [3.05, 3.63) is 70.9 Å². The van der Waals surface area contributed by atoms with Crippen molar-refractivity contribution in [3.63, 3.8) is 0 Å². The molecule has 0 aliphatic carbocycles. The molecule has 0 aromatic heterocycles. The molecule has 0 bridgehead atoms. The van der Waals surface area contributed by atoms with E-state index in [9.17, 15) is 9.59 Å². The summed E-state index contributed by atoms with van der Waals surface area (Å²) in [7, 11) is 0. The predicted molar refractivity (Wildman–Crippen MR) is 95.4 cm³/mol. The van der Waals surface area contributed by atoms with Crippen LogP contribution in [-0.4, -0.2) is 22.8 Å². The number of nitrogens with one attached hydrogen (secondary N) is 1. The van der Waals surface area contributed by atoms with E-state index in [1.807, 2.05) is 44.2 Å². The highest BCUT2D eigenvalue weighted by Crippen LogP contribution is 2.32. The molecule has 0 spiro atoms. The summed E-state index contributed by atoms with van der Waals surface area (Å²) < 4.78 is 0. The fourth-order valence-electron chi connectivity index (χ4n) is 2.68. The SMILES string of the molecule is CC(C)N1C(=O)C(Nc2ccccc2)=C(c2ccc(Cl)cc2)C1=O. The smallest absolute Gasteiger partial charge is 0.278 e. The second-order valence-electron chi connectivity index (χ2n) is 5.82. The number of rotatable bonds is 4. The van der Waals surface area contributed by atoms with Crippen LogP contribution in [-0.2, 0) is 9.59 Å². The van der Waals surface area contributed by atoms with Gasteiger partial charge in [-0.3, -0.25) is 14.5 Å². The summed E-state index contributed by atoms with van der Waals surface area (Å²) in [6.07, 6.45) is 0. The molecule has 2 aromatic rings. The number of para-hydroxylation sites is 1. The number of anilines is 1. The lowest BCUT2D eigenvalue weighted by Gasteiger charge is -2.19. The molecule has 1 N–H and O–H groups in total. The molecule has 0 saturated carbocycles. The number of hydrogen-bond donors (Lipinski definition) is 1. The highest BCUT2D eigenvalue weighted by Gasteiger charge is 2.40. The van der Waals surface area contributed by atoms with Crippen LogP contribution in [0.3, 0.4) is 0 Å². The van der Waals surface area contributed by atoms with Gasteiger partial charge in [0.25, 0.3) is 11.8 Å². The number of halogens is 1. The van der Waals surface area contributed by atoms with E-state index in [1.54, 1.807) is 24.3 Å². The summed E-state index contributed by atoms with van der Waals surface area (Å²) in [6, 6.07) is 16.0. The molecule has 0 atom stereocenters. The lowest BCUT2D eigenvalue weighted by Crippen LogP contribution is -2.38. The van der Waals surface area contributed by atoms with Crippen molar-refractivity contribution in [2.75, 3.05) is 5.32 Å². The molecule has 2 aromatic carbocycles. The van der Waals surface area contributed by atoms with Gasteiger partial charge in [-0.25, -0.2) is 0 Å². The Hall–Kier alpha value is -2.59. The number of carbonyl (C=O) groups excluding carboxylic acids is 2. The number of imide groups is 1. The summed E-state index contributed by atoms with van der Waals surface area (Å²) in [4.78, 5) is 26.9. The first-order valence-corrected chi connectivity index (χ1v) is 8.07. The summed E-state index contributed by atoms with van der Waals surface area (Å²) >= 11 is 5.93. The molecule has 0 radical (unpaired) electrons. The van der Waals surface area contributed by atoms with Crippen LogP contribution in [0, 0.1) is 0 Å². The average molecular weight is 341 g/mol. The minimum atomic E-state index is -0.316. The van der Waals surface area contributed by atoms with Crippen LogP contribution in [0.15, 0.2) is 60.3 Å². The lowest BCUT2D eigenvalue weighted by molar-refractivity contribution is -0.138. The fraction of sp³-hybridized carbons (Fsp3) is 0.158. The van der Waals surface area contributed by atoms with Gasteiger partial charge in [0.1, 0.15) is 5.70 Å². The minimum absolute atomic E-state index is 0.220. The van der Waals surface area contributed by atoms with Crippen molar-refractivity contribution in [3.8, 4) is 0 Å². The van der Waals surface area contributed by atoms with Gasteiger partial charge >= 0.3 is 0 Å². The second-order valence-corrected chi connectivity index (χ2v) is 6.26. The zero-order valence-electron chi connectivity index (χ0n) is 13.4. The maximum absolute atomic E-state index is 12.8. The maximum Gasteiger partial charge on any atom is 0.278 e. The number of carbonyl (C=O) groups is 2. The summed E-state index contributed by atoms with van der Waals surface area (Å²) in [6.45, 7) is 3.64. The minimum Gasteiger partial charge on any atom is -0.350 e. The van der Waals surface area contributed by atoms with E-state index in [-0.39, 0.29) is 17.9 Å². The van der Waals surface area contributed by atoms with Crippen molar-refractivity contribution >= 4 is 34.7 Å². The van der Waals surface area contributed by atoms with Crippen molar-refractivity contribution in [2.45, 2.75) is 19.9 Å². The zero-order valence-corrected chi connectivity index (χ0v) is 14.2. The van der Waals surface area contributed by atoms with Crippen molar-refractivity contribution < 1.29 is 9.59 Å². The topological polar surface area (TPSA) is 49.4 Å². The third-order valence-electron chi connectivity index (χ3n) is 3.81. The summed E-state index contributed by atoms with van der Waals surface area (Å²) in [5.74, 6) is -0.612. The van der Waals surface area contributed by atoms with Gasteiger partial charge in [0.05, 0.1) is 5.57 Å². The van der Waals surface area contributed by atoms with Crippen LogP contribution >= 0.6 is 11.6 Å². The van der Waals surface area contributed by atoms with Gasteiger partial charge in [0.2, 0.25) is 0 Å². The highest BCUT2D eigenvalue weighted by atomic mass is 35.5. The Morgan fingerprint density at radius 3 is 2.12 bits per heavy atom. The van der Waals surface area contributed by atoms with E-state index in [1.165, 1.54) is 4.90 Å². The first-order chi connectivity index (χ1) is 11.5. The Morgan fingerprint density at radius 1 is 0.917 bits per heavy atom. The third-order valence-corrected chi connectivity index (χ3v) is 4.06. The van der Waals surface area contributed by atoms with Crippen LogP contribution in [0.4, 0.5) is 5.69 Å². The Morgan fingerprint density at radius 2 is 1.54 bits per heavy atom. The van der Waals surface area contributed by atoms with Gasteiger partial charge in [0, 0.05) is 16.8 Å². The molecule has 4 nitrogen and oxygen atoms in total. The molecule has 0 fully saturated rings. The van der Waals surface area contributed by atoms with Crippen LogP contribution < -0.4 is 5.32 Å². The Balaban J connectivity index is 2.10. The second kappa shape index (κ2) is 6.49. The predicted octanol–water partition coefficient (Wildman–Crippen LogP) is 3.94. The first-order valence-electron chi connectivity index (χ1n) is 7.69. The number of nitrogens with zero attached hydrogens (tertiary/aromatic N) is 1. The van der Waals surface area contributed by atoms with Crippen molar-refractivity contribution in [2.24, 2.45) is 0 Å². The molecular weight excluding hydrogens is 324 g/mol. The maximum atomic E-state index is 12.8. The van der Waals surface area contributed by atoms with E-state index >= 15 is 0 Å². The van der Waals surface area contributed by atoms with Gasteiger partial charge in [0.15, 0.2) is 0 Å². The largest absolute Gasteiger partial charge is 0.350 e. The van der Waals surface area contributed by atoms with Crippen LogP contribution in [0.1, 0.15) is 19.4 Å². The first kappa shape index (κ1) is 16.3. The van der Waals surface area contributed by atoms with Gasteiger partial charge in [-0.1, -0.05) is 41.9 Å². The van der Waals surface area contributed by atoms with Gasteiger partial charge < -0.3 is 5.32 Å². The molecule has 1 aliphatic heterocycles. The van der Waals surface area contributed by atoms with Gasteiger partial charge in [-0.2, -0.15) is 0 Å². The van der Waals surface area contributed by atoms with E-state index in [0.29, 0.717) is 21.9 Å². The molecule has 1 heterocycles. The average Bonchev–Trinajstić information content (AvgIpc) is 2.80. The van der Waals surface area contributed by atoms with Crippen molar-refractivity contribution in [1.29, 1.82) is 0 Å². The standard InChI is InChI=1S/C19H17ClN2O2/c1-12(2)22-18(23)16(13-8-10-14(20)11-9-13)17(19(22)24)21-15-6-4-3-5-7-15/h3-12,21H,1-2H3. The van der Waals surface area contributed by atoms with E-state index in [0.717, 1.165) is 5.69 Å². The Labute approximate surface area is 145 Å². The van der Waals surface area contributed by atoms with Gasteiger partial charge in [-0.15, -0.1) is 0 Å². The fourth-order valence-corrected chi connectivity index (χ4v) is 2.81. The third kappa shape index (κ3) is 2.93. The summed E-state index contributed by atoms with van der Waals surface area (Å²) in [5, 5.41) is 3.68. The molecule has 0 unspecified atom stereocenters. The van der Waals surface area contributed by atoms with E-state index < -0.39 is 0 Å². The molecule has 24 heavy (non-hydrogen) atoms.